The predicted molar refractivity (Wildman–Crippen MR) is 139 cm³/mol. The maximum Gasteiger partial charge on any atom is 0.303 e. The van der Waals surface area contributed by atoms with E-state index in [4.69, 9.17) is 18.9 Å². The van der Waals surface area contributed by atoms with Gasteiger partial charge in [0.15, 0.2) is 17.7 Å². The molecule has 0 radical (unpaired) electrons. The quantitative estimate of drug-likeness (QED) is 0.460. The highest BCUT2D eigenvalue weighted by molar-refractivity contribution is 5.90. The van der Waals surface area contributed by atoms with Crippen molar-refractivity contribution in [1.29, 1.82) is 0 Å². The van der Waals surface area contributed by atoms with Gasteiger partial charge >= 0.3 is 11.9 Å². The van der Waals surface area contributed by atoms with Gasteiger partial charge in [-0.1, -0.05) is 27.7 Å². The van der Waals surface area contributed by atoms with Gasteiger partial charge in [-0.3, -0.25) is 14.4 Å². The molecular formula is C31H46O7. The molecule has 2 aliphatic heterocycles. The van der Waals surface area contributed by atoms with Crippen molar-refractivity contribution >= 4 is 17.7 Å². The van der Waals surface area contributed by atoms with Gasteiger partial charge in [0, 0.05) is 43.4 Å². The fourth-order valence-electron chi connectivity index (χ4n) is 10.7. The van der Waals surface area contributed by atoms with Gasteiger partial charge in [0.1, 0.15) is 6.10 Å². The van der Waals surface area contributed by atoms with Gasteiger partial charge in [-0.25, -0.2) is 0 Å². The van der Waals surface area contributed by atoms with Crippen molar-refractivity contribution in [3.8, 4) is 0 Å². The van der Waals surface area contributed by atoms with E-state index in [1.165, 1.54) is 13.8 Å². The predicted octanol–water partition coefficient (Wildman–Crippen LogP) is 5.09. The molecule has 0 aromatic heterocycles. The number of Topliss-reactive ketones (excluding diaryl/α,β-unsaturated/α-hetero) is 1. The molecule has 38 heavy (non-hydrogen) atoms. The summed E-state index contributed by atoms with van der Waals surface area (Å²) in [5.41, 5.74) is -0.646. The third-order valence-corrected chi connectivity index (χ3v) is 12.3. The minimum Gasteiger partial charge on any atom is -0.463 e. The van der Waals surface area contributed by atoms with E-state index in [2.05, 4.69) is 27.7 Å². The highest BCUT2D eigenvalue weighted by Gasteiger charge is 2.74. The van der Waals surface area contributed by atoms with E-state index in [0.29, 0.717) is 18.4 Å². The van der Waals surface area contributed by atoms with Crippen LogP contribution in [0.15, 0.2) is 0 Å². The average molecular weight is 531 g/mol. The number of hydrogen-bond acceptors (Lipinski definition) is 7. The summed E-state index contributed by atoms with van der Waals surface area (Å²) in [5.74, 6) is 0.386. The third-order valence-electron chi connectivity index (χ3n) is 12.3. The molecule has 0 bridgehead atoms. The lowest BCUT2D eigenvalue weighted by atomic mass is 9.43. The van der Waals surface area contributed by atoms with Crippen molar-refractivity contribution in [2.45, 2.75) is 117 Å². The van der Waals surface area contributed by atoms with E-state index in [-0.39, 0.29) is 64.9 Å². The van der Waals surface area contributed by atoms with Gasteiger partial charge in [-0.05, 0) is 74.0 Å². The Kier molecular flexibility index (Phi) is 6.35. The highest BCUT2D eigenvalue weighted by Crippen LogP contribution is 2.71. The first kappa shape index (κ1) is 26.7. The lowest BCUT2D eigenvalue weighted by molar-refractivity contribution is -0.273. The molecule has 13 atom stereocenters. The van der Waals surface area contributed by atoms with Crippen LogP contribution in [-0.4, -0.2) is 48.4 Å². The molecule has 0 N–H and O–H groups in total. The summed E-state index contributed by atoms with van der Waals surface area (Å²) in [7, 11) is 0. The second-order valence-electron chi connectivity index (χ2n) is 14.3. The maximum atomic E-state index is 14.6. The zero-order valence-electron chi connectivity index (χ0n) is 24.0. The summed E-state index contributed by atoms with van der Waals surface area (Å²) in [6.45, 7) is 12.6. The van der Waals surface area contributed by atoms with Gasteiger partial charge in [0.05, 0.1) is 12.7 Å². The lowest BCUT2D eigenvalue weighted by Crippen LogP contribution is -2.65. The number of carbonyl (C=O) groups is 3. The Labute approximate surface area is 227 Å². The molecule has 1 spiro atoms. The van der Waals surface area contributed by atoms with Gasteiger partial charge in [-0.2, -0.15) is 0 Å². The van der Waals surface area contributed by atoms with Crippen LogP contribution in [-0.2, 0) is 33.3 Å². The lowest BCUT2D eigenvalue weighted by Gasteiger charge is -2.61. The zero-order chi connectivity index (χ0) is 27.2. The third kappa shape index (κ3) is 3.69. The summed E-state index contributed by atoms with van der Waals surface area (Å²) in [4.78, 5) is 38.8. The Balaban J connectivity index is 1.34. The fraction of sp³-hybridized carbons (Fsp3) is 0.903. The van der Waals surface area contributed by atoms with Crippen molar-refractivity contribution in [3.05, 3.63) is 0 Å². The van der Waals surface area contributed by atoms with Gasteiger partial charge in [-0.15, -0.1) is 0 Å². The Bertz CT molecular complexity index is 1000. The van der Waals surface area contributed by atoms with Crippen LogP contribution in [0.5, 0.6) is 0 Å². The second-order valence-corrected chi connectivity index (χ2v) is 14.3. The fourth-order valence-corrected chi connectivity index (χ4v) is 10.7. The summed E-state index contributed by atoms with van der Waals surface area (Å²) in [6, 6.07) is 0. The minimum absolute atomic E-state index is 0.0169. The number of rotatable bonds is 2. The summed E-state index contributed by atoms with van der Waals surface area (Å²) >= 11 is 0. The first-order chi connectivity index (χ1) is 17.9. The van der Waals surface area contributed by atoms with Crippen molar-refractivity contribution in [2.24, 2.45) is 52.3 Å². The van der Waals surface area contributed by atoms with Gasteiger partial charge in [0.2, 0.25) is 0 Å². The number of esters is 2. The molecule has 0 amide bonds. The number of hydrogen-bond donors (Lipinski definition) is 0. The van der Waals surface area contributed by atoms with Crippen LogP contribution < -0.4 is 0 Å². The normalized spacial score (nSPS) is 53.5. The largest absolute Gasteiger partial charge is 0.463 e. The first-order valence-electron chi connectivity index (χ1n) is 15.1. The Morgan fingerprint density at radius 2 is 1.68 bits per heavy atom. The molecule has 2 saturated heterocycles. The molecule has 6 aliphatic rings. The van der Waals surface area contributed by atoms with E-state index in [9.17, 15) is 14.4 Å². The van der Waals surface area contributed by atoms with Crippen molar-refractivity contribution in [3.63, 3.8) is 0 Å². The smallest absolute Gasteiger partial charge is 0.303 e. The SMILES string of the molecule is CC(=O)O[C@H]1CC[C@@]2(C)[C@@H](CC[C@@H]3[C@@H]2C(=O)[C@@H](OC(C)=O)[C@]2(C)[C@@H]4[C@H](C[C@@H]32)O[C@]2(CC[C@@H](C)CO2)[C@@H]4C)C1. The molecule has 7 nitrogen and oxygen atoms in total. The first-order valence-corrected chi connectivity index (χ1v) is 15.1. The molecule has 0 aromatic rings. The highest BCUT2D eigenvalue weighted by atomic mass is 16.7. The molecule has 6 rings (SSSR count). The molecule has 0 unspecified atom stereocenters. The summed E-state index contributed by atoms with van der Waals surface area (Å²) in [6.07, 6.45) is 6.54. The number of fused-ring (bicyclic) bond motifs is 7. The van der Waals surface area contributed by atoms with E-state index in [1.54, 1.807) is 0 Å². The van der Waals surface area contributed by atoms with Crippen LogP contribution in [0.3, 0.4) is 0 Å². The van der Waals surface area contributed by atoms with Crippen LogP contribution in [0.25, 0.3) is 0 Å². The van der Waals surface area contributed by atoms with Gasteiger partial charge in [0.25, 0.3) is 0 Å². The standard InChI is InChI=1S/C31H46O7/c1-16-9-12-31(35-15-16)17(2)25-24(38-31)14-23-22-8-7-20-13-21(36-18(3)32)10-11-29(20,5)26(22)27(34)28(30(23,25)6)37-19(4)33/h16-17,20-26,28H,7-15H2,1-6H3/t16-,17-,20+,21+,22+,23+,24+,25+,26-,28-,29+,30+,31-/m1/s1. The van der Waals surface area contributed by atoms with Crippen LogP contribution in [0.4, 0.5) is 0 Å². The van der Waals surface area contributed by atoms with Crippen LogP contribution in [0, 0.1) is 52.3 Å². The summed E-state index contributed by atoms with van der Waals surface area (Å²) < 4.78 is 25.0. The molecule has 6 fully saturated rings. The molecule has 7 heteroatoms. The molecule has 4 saturated carbocycles. The molecular weight excluding hydrogens is 484 g/mol. The van der Waals surface area contributed by atoms with E-state index >= 15 is 0 Å². The molecule has 4 aliphatic carbocycles. The Hall–Kier alpha value is -1.47. The Morgan fingerprint density at radius 3 is 2.34 bits per heavy atom. The molecule has 212 valence electrons. The topological polar surface area (TPSA) is 88.1 Å². The number of ether oxygens (including phenoxy) is 4. The van der Waals surface area contributed by atoms with Crippen molar-refractivity contribution in [2.75, 3.05) is 6.61 Å². The van der Waals surface area contributed by atoms with Crippen LogP contribution in [0.1, 0.15) is 92.9 Å². The number of carbonyl (C=O) groups excluding carboxylic acids is 3. The van der Waals surface area contributed by atoms with Crippen LogP contribution >= 0.6 is 0 Å². The van der Waals surface area contributed by atoms with Gasteiger partial charge < -0.3 is 18.9 Å². The monoisotopic (exact) mass is 530 g/mol. The number of ketones is 1. The molecule has 2 heterocycles. The molecule has 0 aromatic carbocycles. The average Bonchev–Trinajstić information content (AvgIpc) is 3.29. The zero-order valence-corrected chi connectivity index (χ0v) is 24.0. The van der Waals surface area contributed by atoms with E-state index in [0.717, 1.165) is 51.4 Å². The van der Waals surface area contributed by atoms with E-state index < -0.39 is 17.3 Å². The van der Waals surface area contributed by atoms with E-state index in [1.807, 2.05) is 0 Å². The minimum atomic E-state index is -0.758. The maximum absolute atomic E-state index is 14.6. The second kappa shape index (κ2) is 9.02. The van der Waals surface area contributed by atoms with Crippen molar-refractivity contribution < 1.29 is 33.3 Å². The van der Waals surface area contributed by atoms with Crippen LogP contribution in [0.2, 0.25) is 0 Å². The summed E-state index contributed by atoms with van der Waals surface area (Å²) in [5, 5.41) is 0. The Morgan fingerprint density at radius 1 is 0.947 bits per heavy atom. The van der Waals surface area contributed by atoms with Crippen molar-refractivity contribution in [1.82, 2.24) is 0 Å².